The molecule has 1 aromatic rings. The summed E-state index contributed by atoms with van der Waals surface area (Å²) >= 11 is 0. The van der Waals surface area contributed by atoms with Crippen molar-refractivity contribution in [2.24, 2.45) is 5.92 Å². The molecule has 1 heterocycles. The Morgan fingerprint density at radius 1 is 1.28 bits per heavy atom. The largest absolute Gasteiger partial charge is 0.346 e. The number of nitrogens with one attached hydrogen (secondary N) is 2. The van der Waals surface area contributed by atoms with Crippen molar-refractivity contribution in [2.75, 3.05) is 13.1 Å². The van der Waals surface area contributed by atoms with Gasteiger partial charge in [-0.05, 0) is 37.8 Å². The first-order chi connectivity index (χ1) is 8.80. The molecule has 1 unspecified atom stereocenters. The zero-order chi connectivity index (χ0) is 12.4. The minimum atomic E-state index is -0.0597. The Morgan fingerprint density at radius 3 is 2.67 bits per heavy atom. The highest BCUT2D eigenvalue weighted by Crippen LogP contribution is 2.45. The monoisotopic (exact) mass is 244 g/mol. The van der Waals surface area contributed by atoms with Gasteiger partial charge in [0, 0.05) is 6.54 Å². The Hall–Kier alpha value is -1.35. The lowest BCUT2D eigenvalue weighted by Gasteiger charge is -2.25. The van der Waals surface area contributed by atoms with E-state index in [9.17, 15) is 4.79 Å². The summed E-state index contributed by atoms with van der Waals surface area (Å²) < 4.78 is 0. The van der Waals surface area contributed by atoms with Crippen molar-refractivity contribution in [1.29, 1.82) is 0 Å². The van der Waals surface area contributed by atoms with Crippen LogP contribution in [0.25, 0.3) is 0 Å². The molecule has 2 aliphatic rings. The first-order valence-corrected chi connectivity index (χ1v) is 6.88. The van der Waals surface area contributed by atoms with Gasteiger partial charge in [-0.25, -0.2) is 0 Å². The van der Waals surface area contributed by atoms with Gasteiger partial charge in [0.25, 0.3) is 0 Å². The number of hydrogen-bond donors (Lipinski definition) is 2. The van der Waals surface area contributed by atoms with Crippen LogP contribution in [0.1, 0.15) is 31.2 Å². The SMILES string of the molecule is O=C(NC1(c2ccccc2)CC1)C1CCCNC1. The van der Waals surface area contributed by atoms with Gasteiger partial charge in [-0.3, -0.25) is 4.79 Å². The molecule has 1 aliphatic carbocycles. The molecule has 1 atom stereocenters. The first kappa shape index (κ1) is 11.7. The van der Waals surface area contributed by atoms with Crippen LogP contribution in [-0.2, 0) is 10.3 Å². The zero-order valence-electron chi connectivity index (χ0n) is 10.6. The summed E-state index contributed by atoms with van der Waals surface area (Å²) in [6.45, 7) is 1.88. The number of rotatable bonds is 3. The van der Waals surface area contributed by atoms with Gasteiger partial charge in [0.1, 0.15) is 0 Å². The van der Waals surface area contributed by atoms with Crippen LogP contribution in [0.2, 0.25) is 0 Å². The van der Waals surface area contributed by atoms with Crippen molar-refractivity contribution in [2.45, 2.75) is 31.2 Å². The van der Waals surface area contributed by atoms with Gasteiger partial charge in [0.15, 0.2) is 0 Å². The normalized spacial score (nSPS) is 25.4. The van der Waals surface area contributed by atoms with Crippen LogP contribution in [0.3, 0.4) is 0 Å². The van der Waals surface area contributed by atoms with Crippen LogP contribution >= 0.6 is 0 Å². The Labute approximate surface area is 108 Å². The average Bonchev–Trinajstić information content (AvgIpc) is 3.22. The van der Waals surface area contributed by atoms with Crippen molar-refractivity contribution in [1.82, 2.24) is 10.6 Å². The van der Waals surface area contributed by atoms with E-state index >= 15 is 0 Å². The molecule has 1 aliphatic heterocycles. The van der Waals surface area contributed by atoms with Crippen molar-refractivity contribution in [3.63, 3.8) is 0 Å². The molecule has 18 heavy (non-hydrogen) atoms. The number of carbonyl (C=O) groups excluding carboxylic acids is 1. The molecule has 3 rings (SSSR count). The number of carbonyl (C=O) groups is 1. The molecule has 0 radical (unpaired) electrons. The second-order valence-corrected chi connectivity index (χ2v) is 5.48. The smallest absolute Gasteiger partial charge is 0.225 e. The molecule has 1 amide bonds. The van der Waals surface area contributed by atoms with E-state index in [-0.39, 0.29) is 17.4 Å². The minimum Gasteiger partial charge on any atom is -0.346 e. The Morgan fingerprint density at radius 2 is 2.06 bits per heavy atom. The van der Waals surface area contributed by atoms with E-state index in [1.54, 1.807) is 0 Å². The van der Waals surface area contributed by atoms with E-state index < -0.39 is 0 Å². The molecule has 0 spiro atoms. The fraction of sp³-hybridized carbons (Fsp3) is 0.533. The topological polar surface area (TPSA) is 41.1 Å². The Bertz CT molecular complexity index is 419. The Kier molecular flexibility index (Phi) is 3.08. The van der Waals surface area contributed by atoms with Crippen molar-refractivity contribution in [3.05, 3.63) is 35.9 Å². The quantitative estimate of drug-likeness (QED) is 0.851. The lowest BCUT2D eigenvalue weighted by atomic mass is 9.97. The summed E-state index contributed by atoms with van der Waals surface area (Å²) in [6.07, 6.45) is 4.27. The summed E-state index contributed by atoms with van der Waals surface area (Å²) in [4.78, 5) is 12.3. The third-order valence-corrected chi connectivity index (χ3v) is 4.11. The van der Waals surface area contributed by atoms with Gasteiger partial charge in [0.2, 0.25) is 5.91 Å². The van der Waals surface area contributed by atoms with Gasteiger partial charge < -0.3 is 10.6 Å². The van der Waals surface area contributed by atoms with E-state index in [1.165, 1.54) is 5.56 Å². The van der Waals surface area contributed by atoms with Crippen LogP contribution in [0.15, 0.2) is 30.3 Å². The minimum absolute atomic E-state index is 0.0597. The predicted molar refractivity (Wildman–Crippen MR) is 71.1 cm³/mol. The average molecular weight is 244 g/mol. The van der Waals surface area contributed by atoms with E-state index in [0.717, 1.165) is 38.8 Å². The molecular weight excluding hydrogens is 224 g/mol. The number of benzene rings is 1. The maximum Gasteiger partial charge on any atom is 0.225 e. The highest BCUT2D eigenvalue weighted by atomic mass is 16.2. The Balaban J connectivity index is 1.67. The fourth-order valence-electron chi connectivity index (χ4n) is 2.78. The first-order valence-electron chi connectivity index (χ1n) is 6.88. The summed E-state index contributed by atoms with van der Waals surface area (Å²) in [7, 11) is 0. The van der Waals surface area contributed by atoms with E-state index in [4.69, 9.17) is 0 Å². The van der Waals surface area contributed by atoms with Gasteiger partial charge in [-0.1, -0.05) is 30.3 Å². The molecular formula is C15H20N2O. The second-order valence-electron chi connectivity index (χ2n) is 5.48. The lowest BCUT2D eigenvalue weighted by Crippen LogP contribution is -2.44. The second kappa shape index (κ2) is 4.73. The van der Waals surface area contributed by atoms with E-state index in [1.807, 2.05) is 18.2 Å². The van der Waals surface area contributed by atoms with Crippen LogP contribution in [0.5, 0.6) is 0 Å². The highest BCUT2D eigenvalue weighted by Gasteiger charge is 2.46. The maximum atomic E-state index is 12.3. The molecule has 2 fully saturated rings. The van der Waals surface area contributed by atoms with Gasteiger partial charge >= 0.3 is 0 Å². The molecule has 1 saturated heterocycles. The summed E-state index contributed by atoms with van der Waals surface area (Å²) in [5, 5.41) is 6.58. The predicted octanol–water partition coefficient (Wildman–Crippen LogP) is 1.79. The molecule has 1 saturated carbocycles. The van der Waals surface area contributed by atoms with Crippen LogP contribution in [0.4, 0.5) is 0 Å². The van der Waals surface area contributed by atoms with Crippen LogP contribution < -0.4 is 10.6 Å². The van der Waals surface area contributed by atoms with Crippen molar-refractivity contribution >= 4 is 5.91 Å². The number of amides is 1. The van der Waals surface area contributed by atoms with Crippen molar-refractivity contribution in [3.8, 4) is 0 Å². The standard InChI is InChI=1S/C15H20N2O/c18-14(12-5-4-10-16-11-12)17-15(8-9-15)13-6-2-1-3-7-13/h1-3,6-7,12,16H,4-5,8-11H2,(H,17,18). The number of hydrogen-bond acceptors (Lipinski definition) is 2. The van der Waals surface area contributed by atoms with Crippen LogP contribution in [-0.4, -0.2) is 19.0 Å². The van der Waals surface area contributed by atoms with Crippen molar-refractivity contribution < 1.29 is 4.79 Å². The van der Waals surface area contributed by atoms with Gasteiger partial charge in [-0.2, -0.15) is 0 Å². The summed E-state index contributed by atoms with van der Waals surface area (Å²) in [6, 6.07) is 10.3. The maximum absolute atomic E-state index is 12.3. The lowest BCUT2D eigenvalue weighted by molar-refractivity contribution is -0.126. The molecule has 3 heteroatoms. The van der Waals surface area contributed by atoms with E-state index in [0.29, 0.717) is 0 Å². The molecule has 1 aromatic carbocycles. The van der Waals surface area contributed by atoms with Gasteiger partial charge in [-0.15, -0.1) is 0 Å². The summed E-state index contributed by atoms with van der Waals surface area (Å²) in [5.41, 5.74) is 1.19. The molecule has 0 bridgehead atoms. The fourth-order valence-corrected chi connectivity index (χ4v) is 2.78. The zero-order valence-corrected chi connectivity index (χ0v) is 10.6. The molecule has 0 aromatic heterocycles. The molecule has 96 valence electrons. The van der Waals surface area contributed by atoms with Gasteiger partial charge in [0.05, 0.1) is 11.5 Å². The number of piperidine rings is 1. The van der Waals surface area contributed by atoms with E-state index in [2.05, 4.69) is 22.8 Å². The van der Waals surface area contributed by atoms with Crippen LogP contribution in [0, 0.1) is 5.92 Å². The molecule has 2 N–H and O–H groups in total. The summed E-state index contributed by atoms with van der Waals surface area (Å²) in [5.74, 6) is 0.378. The third kappa shape index (κ3) is 2.27. The third-order valence-electron chi connectivity index (χ3n) is 4.11. The molecule has 3 nitrogen and oxygen atoms in total. The highest BCUT2D eigenvalue weighted by molar-refractivity contribution is 5.80.